The van der Waals surface area contributed by atoms with E-state index in [1.54, 1.807) is 0 Å². The van der Waals surface area contributed by atoms with Crippen molar-refractivity contribution in [3.63, 3.8) is 0 Å². The van der Waals surface area contributed by atoms with Gasteiger partial charge in [0.25, 0.3) is 0 Å². The summed E-state index contributed by atoms with van der Waals surface area (Å²) in [6, 6.07) is 2.39. The summed E-state index contributed by atoms with van der Waals surface area (Å²) in [5.41, 5.74) is 9.24. The molecule has 0 aliphatic heterocycles. The second-order valence-electron chi connectivity index (χ2n) is 6.47. The van der Waals surface area contributed by atoms with E-state index < -0.39 is 0 Å². The number of hydrogen-bond donors (Lipinski definition) is 1. The van der Waals surface area contributed by atoms with Crippen LogP contribution in [0.3, 0.4) is 0 Å². The molecular weight excluding hydrogens is 248 g/mol. The van der Waals surface area contributed by atoms with Crippen molar-refractivity contribution in [1.82, 2.24) is 14.7 Å². The Kier molecular flexibility index (Phi) is 4.86. The molecule has 1 aromatic rings. The fourth-order valence-corrected chi connectivity index (χ4v) is 3.66. The van der Waals surface area contributed by atoms with Crippen molar-refractivity contribution in [2.24, 2.45) is 12.8 Å². The first-order chi connectivity index (χ1) is 9.49. The first-order valence-corrected chi connectivity index (χ1v) is 7.94. The largest absolute Gasteiger partial charge is 0.326 e. The number of nitrogens with zero attached hydrogens (tertiary/aromatic N) is 3. The maximum atomic E-state index is 6.65. The maximum Gasteiger partial charge on any atom is 0.0624 e. The average Bonchev–Trinajstić information content (AvgIpc) is 2.80. The number of aryl methyl sites for hydroxylation is 2. The van der Waals surface area contributed by atoms with Crippen LogP contribution in [0.1, 0.15) is 50.4 Å². The maximum absolute atomic E-state index is 6.65. The molecule has 0 amide bonds. The molecule has 1 saturated carbocycles. The highest BCUT2D eigenvalue weighted by molar-refractivity contribution is 5.14. The topological polar surface area (TPSA) is 47.1 Å². The van der Waals surface area contributed by atoms with Gasteiger partial charge in [0.05, 0.1) is 5.69 Å². The molecular formula is C16H30N4. The monoisotopic (exact) mass is 278 g/mol. The molecule has 1 fully saturated rings. The highest BCUT2D eigenvalue weighted by Crippen LogP contribution is 2.35. The van der Waals surface area contributed by atoms with Crippen LogP contribution < -0.4 is 5.73 Å². The summed E-state index contributed by atoms with van der Waals surface area (Å²) in [6.07, 6.45) is 8.31. The fourth-order valence-electron chi connectivity index (χ4n) is 3.66. The fraction of sp³-hybridized carbons (Fsp3) is 0.812. The van der Waals surface area contributed by atoms with Crippen molar-refractivity contribution in [3.05, 3.63) is 17.5 Å². The summed E-state index contributed by atoms with van der Waals surface area (Å²) < 4.78 is 2.00. The van der Waals surface area contributed by atoms with Gasteiger partial charge in [-0.15, -0.1) is 0 Å². The lowest BCUT2D eigenvalue weighted by Gasteiger charge is -2.47. The summed E-state index contributed by atoms with van der Waals surface area (Å²) >= 11 is 0. The minimum absolute atomic E-state index is 0.162. The van der Waals surface area contributed by atoms with Crippen LogP contribution in [0.5, 0.6) is 0 Å². The molecule has 1 aromatic heterocycles. The molecule has 4 nitrogen and oxygen atoms in total. The Morgan fingerprint density at radius 3 is 2.50 bits per heavy atom. The summed E-state index contributed by atoms with van der Waals surface area (Å²) in [5, 5.41) is 4.54. The van der Waals surface area contributed by atoms with Crippen LogP contribution in [0.25, 0.3) is 0 Å². The first kappa shape index (κ1) is 15.5. The highest BCUT2D eigenvalue weighted by Gasteiger charge is 2.40. The third-order valence-corrected chi connectivity index (χ3v) is 5.12. The second kappa shape index (κ2) is 6.27. The summed E-state index contributed by atoms with van der Waals surface area (Å²) in [5.74, 6) is 0. The molecule has 4 heteroatoms. The zero-order chi connectivity index (χ0) is 14.8. The lowest BCUT2D eigenvalue weighted by molar-refractivity contribution is 0.0709. The molecule has 0 radical (unpaired) electrons. The minimum atomic E-state index is 0.162. The van der Waals surface area contributed by atoms with E-state index in [-0.39, 0.29) is 11.6 Å². The summed E-state index contributed by atoms with van der Waals surface area (Å²) in [4.78, 5) is 2.37. The van der Waals surface area contributed by atoms with Gasteiger partial charge >= 0.3 is 0 Å². The molecule has 0 saturated heterocycles. The number of aromatic nitrogens is 2. The van der Waals surface area contributed by atoms with Gasteiger partial charge in [-0.05, 0) is 39.4 Å². The number of nitrogens with two attached hydrogens (primary N) is 1. The molecule has 114 valence electrons. The summed E-state index contributed by atoms with van der Waals surface area (Å²) in [7, 11) is 6.40. The lowest BCUT2D eigenvalue weighted by Crippen LogP contribution is -2.59. The van der Waals surface area contributed by atoms with Crippen molar-refractivity contribution >= 4 is 0 Å². The van der Waals surface area contributed by atoms with Crippen molar-refractivity contribution in [3.8, 4) is 0 Å². The molecule has 1 heterocycles. The van der Waals surface area contributed by atoms with Gasteiger partial charge in [-0.2, -0.15) is 5.10 Å². The molecule has 0 bridgehead atoms. The molecule has 0 aromatic carbocycles. The van der Waals surface area contributed by atoms with Crippen molar-refractivity contribution < 1.29 is 0 Å². The van der Waals surface area contributed by atoms with Gasteiger partial charge in [0, 0.05) is 30.7 Å². The van der Waals surface area contributed by atoms with Crippen molar-refractivity contribution in [2.75, 3.05) is 14.1 Å². The predicted molar refractivity (Wildman–Crippen MR) is 83.8 cm³/mol. The van der Waals surface area contributed by atoms with Gasteiger partial charge in [0.15, 0.2) is 0 Å². The molecule has 1 aliphatic rings. The SMILES string of the molecule is CCc1cc(CC(N)C2(N(C)C)CCCCC2)n(C)n1. The Hall–Kier alpha value is -0.870. The van der Waals surface area contributed by atoms with Gasteiger partial charge < -0.3 is 10.6 Å². The van der Waals surface area contributed by atoms with E-state index in [0.717, 1.165) is 18.5 Å². The molecule has 0 spiro atoms. The van der Waals surface area contributed by atoms with E-state index >= 15 is 0 Å². The Bertz CT molecular complexity index is 430. The van der Waals surface area contributed by atoms with Gasteiger partial charge in [0.1, 0.15) is 0 Å². The van der Waals surface area contributed by atoms with E-state index in [4.69, 9.17) is 5.73 Å². The Labute approximate surface area is 123 Å². The number of rotatable bonds is 5. The van der Waals surface area contributed by atoms with Crippen molar-refractivity contribution in [2.45, 2.75) is 63.5 Å². The number of hydrogen-bond acceptors (Lipinski definition) is 3. The quantitative estimate of drug-likeness (QED) is 0.897. The number of likely N-dealkylation sites (N-methyl/N-ethyl adjacent to an activating group) is 1. The van der Waals surface area contributed by atoms with Crippen LogP contribution in [0.15, 0.2) is 6.07 Å². The highest BCUT2D eigenvalue weighted by atomic mass is 15.3. The van der Waals surface area contributed by atoms with Crippen LogP contribution in [-0.4, -0.2) is 40.4 Å². The van der Waals surface area contributed by atoms with Crippen LogP contribution in [0.2, 0.25) is 0 Å². The van der Waals surface area contributed by atoms with E-state index in [1.165, 1.54) is 37.8 Å². The Balaban J connectivity index is 2.15. The van der Waals surface area contributed by atoms with Gasteiger partial charge in [-0.1, -0.05) is 26.2 Å². The third kappa shape index (κ3) is 2.91. The van der Waals surface area contributed by atoms with E-state index in [9.17, 15) is 0 Å². The Morgan fingerprint density at radius 1 is 1.35 bits per heavy atom. The van der Waals surface area contributed by atoms with Crippen LogP contribution in [0, 0.1) is 0 Å². The van der Waals surface area contributed by atoms with E-state index in [1.807, 2.05) is 11.7 Å². The first-order valence-electron chi connectivity index (χ1n) is 7.94. The third-order valence-electron chi connectivity index (χ3n) is 5.12. The normalized spacial score (nSPS) is 20.3. The van der Waals surface area contributed by atoms with Crippen LogP contribution in [-0.2, 0) is 19.9 Å². The van der Waals surface area contributed by atoms with Gasteiger partial charge in [-0.3, -0.25) is 4.68 Å². The van der Waals surface area contributed by atoms with Crippen LogP contribution >= 0.6 is 0 Å². The predicted octanol–water partition coefficient (Wildman–Crippen LogP) is 2.12. The zero-order valence-electron chi connectivity index (χ0n) is 13.5. The minimum Gasteiger partial charge on any atom is -0.326 e. The molecule has 1 unspecified atom stereocenters. The lowest BCUT2D eigenvalue weighted by atomic mass is 9.74. The smallest absolute Gasteiger partial charge is 0.0624 e. The molecule has 1 atom stereocenters. The van der Waals surface area contributed by atoms with Crippen molar-refractivity contribution in [1.29, 1.82) is 0 Å². The standard InChI is InChI=1S/C16H30N4/c1-5-13-11-14(20(4)18-13)12-15(17)16(19(2)3)9-7-6-8-10-16/h11,15H,5-10,12,17H2,1-4H3. The second-order valence-corrected chi connectivity index (χ2v) is 6.47. The van der Waals surface area contributed by atoms with Gasteiger partial charge in [-0.25, -0.2) is 0 Å². The molecule has 20 heavy (non-hydrogen) atoms. The van der Waals surface area contributed by atoms with E-state index in [0.29, 0.717) is 0 Å². The summed E-state index contributed by atoms with van der Waals surface area (Å²) in [6.45, 7) is 2.15. The average molecular weight is 278 g/mol. The van der Waals surface area contributed by atoms with Gasteiger partial charge in [0.2, 0.25) is 0 Å². The molecule has 2 rings (SSSR count). The Morgan fingerprint density at radius 2 is 2.00 bits per heavy atom. The van der Waals surface area contributed by atoms with E-state index in [2.05, 4.69) is 37.1 Å². The molecule has 1 aliphatic carbocycles. The molecule has 2 N–H and O–H groups in total. The zero-order valence-corrected chi connectivity index (χ0v) is 13.5. The van der Waals surface area contributed by atoms with Crippen LogP contribution in [0.4, 0.5) is 0 Å².